The summed E-state index contributed by atoms with van der Waals surface area (Å²) in [4.78, 5) is 21.2. The van der Waals surface area contributed by atoms with Crippen molar-refractivity contribution in [3.63, 3.8) is 0 Å². The fourth-order valence-electron chi connectivity index (χ4n) is 2.40. The van der Waals surface area contributed by atoms with Crippen LogP contribution in [-0.4, -0.2) is 38.8 Å². The SMILES string of the molecule is Cc1noc2ncnc(N3CCCC3C(=O)O)c12. The van der Waals surface area contributed by atoms with Gasteiger partial charge in [0.2, 0.25) is 0 Å². The Morgan fingerprint density at radius 3 is 3.17 bits per heavy atom. The highest BCUT2D eigenvalue weighted by Crippen LogP contribution is 2.31. The van der Waals surface area contributed by atoms with Crippen LogP contribution in [-0.2, 0) is 4.79 Å². The molecule has 2 aromatic heterocycles. The van der Waals surface area contributed by atoms with E-state index < -0.39 is 12.0 Å². The predicted octanol–water partition coefficient (Wildman–Crippen LogP) is 0.980. The Morgan fingerprint density at radius 2 is 2.39 bits per heavy atom. The van der Waals surface area contributed by atoms with Crippen LogP contribution in [0, 0.1) is 6.92 Å². The van der Waals surface area contributed by atoms with Gasteiger partial charge in [-0.05, 0) is 19.8 Å². The monoisotopic (exact) mass is 248 g/mol. The van der Waals surface area contributed by atoms with Crippen LogP contribution < -0.4 is 4.90 Å². The standard InChI is InChI=1S/C11H12N4O3/c1-6-8-9(12-5-13-10(8)18-14-6)15-4-2-3-7(15)11(16)17/h5,7H,2-4H2,1H3,(H,16,17). The van der Waals surface area contributed by atoms with E-state index in [9.17, 15) is 9.90 Å². The number of fused-ring (bicyclic) bond motifs is 1. The summed E-state index contributed by atoms with van der Waals surface area (Å²) in [5, 5.41) is 13.8. The lowest BCUT2D eigenvalue weighted by atomic mass is 10.2. The van der Waals surface area contributed by atoms with E-state index in [0.717, 1.165) is 6.42 Å². The summed E-state index contributed by atoms with van der Waals surface area (Å²) >= 11 is 0. The lowest BCUT2D eigenvalue weighted by Crippen LogP contribution is -2.36. The smallest absolute Gasteiger partial charge is 0.326 e. The second-order valence-corrected chi connectivity index (χ2v) is 4.34. The molecule has 1 aliphatic rings. The van der Waals surface area contributed by atoms with Gasteiger partial charge in [-0.3, -0.25) is 0 Å². The number of aliphatic carboxylic acids is 1. The summed E-state index contributed by atoms with van der Waals surface area (Å²) in [5.74, 6) is -0.225. The van der Waals surface area contributed by atoms with Crippen molar-refractivity contribution in [1.82, 2.24) is 15.1 Å². The fraction of sp³-hybridized carbons (Fsp3) is 0.455. The van der Waals surface area contributed by atoms with Gasteiger partial charge < -0.3 is 14.5 Å². The van der Waals surface area contributed by atoms with E-state index in [1.165, 1.54) is 6.33 Å². The first kappa shape index (κ1) is 10.9. The molecule has 94 valence electrons. The Labute approximate surface area is 102 Å². The van der Waals surface area contributed by atoms with E-state index in [-0.39, 0.29) is 0 Å². The second-order valence-electron chi connectivity index (χ2n) is 4.34. The van der Waals surface area contributed by atoms with Crippen LogP contribution in [0.1, 0.15) is 18.5 Å². The molecular weight excluding hydrogens is 236 g/mol. The van der Waals surface area contributed by atoms with E-state index in [0.29, 0.717) is 35.6 Å². The molecule has 0 bridgehead atoms. The molecule has 0 aromatic carbocycles. The maximum absolute atomic E-state index is 11.2. The number of hydrogen-bond acceptors (Lipinski definition) is 6. The molecule has 0 saturated carbocycles. The van der Waals surface area contributed by atoms with Crippen LogP contribution in [0.25, 0.3) is 11.1 Å². The van der Waals surface area contributed by atoms with Gasteiger partial charge in [-0.15, -0.1) is 0 Å². The highest BCUT2D eigenvalue weighted by Gasteiger charge is 2.33. The van der Waals surface area contributed by atoms with Crippen molar-refractivity contribution >= 4 is 22.9 Å². The van der Waals surface area contributed by atoms with E-state index >= 15 is 0 Å². The number of hydrogen-bond donors (Lipinski definition) is 1. The summed E-state index contributed by atoms with van der Waals surface area (Å²) < 4.78 is 5.07. The largest absolute Gasteiger partial charge is 0.480 e. The first-order valence-electron chi connectivity index (χ1n) is 5.75. The summed E-state index contributed by atoms with van der Waals surface area (Å²) in [7, 11) is 0. The number of aryl methyl sites for hydroxylation is 1. The zero-order valence-electron chi connectivity index (χ0n) is 9.83. The summed E-state index contributed by atoms with van der Waals surface area (Å²) in [6.07, 6.45) is 2.84. The highest BCUT2D eigenvalue weighted by molar-refractivity contribution is 5.90. The Kier molecular flexibility index (Phi) is 2.39. The summed E-state index contributed by atoms with van der Waals surface area (Å²) in [5.41, 5.74) is 1.07. The minimum absolute atomic E-state index is 0.397. The molecule has 2 aromatic rings. The van der Waals surface area contributed by atoms with Crippen molar-refractivity contribution < 1.29 is 14.4 Å². The van der Waals surface area contributed by atoms with E-state index in [1.54, 1.807) is 11.8 Å². The van der Waals surface area contributed by atoms with Crippen LogP contribution in [0.5, 0.6) is 0 Å². The molecule has 1 aliphatic heterocycles. The number of carbonyl (C=O) groups is 1. The molecule has 7 heteroatoms. The maximum atomic E-state index is 11.2. The summed E-state index contributed by atoms with van der Waals surface area (Å²) in [6.45, 7) is 2.47. The summed E-state index contributed by atoms with van der Waals surface area (Å²) in [6, 6.07) is -0.530. The van der Waals surface area contributed by atoms with Gasteiger partial charge in [0.05, 0.1) is 5.69 Å². The van der Waals surface area contributed by atoms with Gasteiger partial charge in [0, 0.05) is 6.54 Å². The van der Waals surface area contributed by atoms with E-state index in [4.69, 9.17) is 4.52 Å². The van der Waals surface area contributed by atoms with Crippen molar-refractivity contribution in [2.75, 3.05) is 11.4 Å². The molecule has 18 heavy (non-hydrogen) atoms. The first-order chi connectivity index (χ1) is 8.68. The second kappa shape index (κ2) is 3.94. The van der Waals surface area contributed by atoms with Crippen molar-refractivity contribution in [2.24, 2.45) is 0 Å². The zero-order valence-corrected chi connectivity index (χ0v) is 9.83. The Morgan fingerprint density at radius 1 is 1.56 bits per heavy atom. The van der Waals surface area contributed by atoms with Crippen LogP contribution in [0.15, 0.2) is 10.9 Å². The molecule has 1 fully saturated rings. The molecular formula is C11H12N4O3. The maximum Gasteiger partial charge on any atom is 0.326 e. The molecule has 0 spiro atoms. The van der Waals surface area contributed by atoms with Crippen LogP contribution in [0.3, 0.4) is 0 Å². The van der Waals surface area contributed by atoms with Gasteiger partial charge >= 0.3 is 5.97 Å². The third kappa shape index (κ3) is 1.51. The molecule has 1 saturated heterocycles. The number of carboxylic acids is 1. The number of nitrogens with zero attached hydrogens (tertiary/aromatic N) is 4. The van der Waals surface area contributed by atoms with Crippen LogP contribution in [0.4, 0.5) is 5.82 Å². The molecule has 0 aliphatic carbocycles. The number of anilines is 1. The number of carboxylic acid groups (broad SMARTS) is 1. The zero-order chi connectivity index (χ0) is 12.7. The van der Waals surface area contributed by atoms with Gasteiger partial charge in [0.25, 0.3) is 5.71 Å². The molecule has 3 heterocycles. The molecule has 0 radical (unpaired) electrons. The van der Waals surface area contributed by atoms with Gasteiger partial charge in [0.15, 0.2) is 0 Å². The van der Waals surface area contributed by atoms with Crippen LogP contribution in [0.2, 0.25) is 0 Å². The normalized spacial score (nSPS) is 19.6. The predicted molar refractivity (Wildman–Crippen MR) is 62.3 cm³/mol. The molecule has 1 N–H and O–H groups in total. The topological polar surface area (TPSA) is 92.4 Å². The van der Waals surface area contributed by atoms with Gasteiger partial charge in [-0.1, -0.05) is 5.16 Å². The average molecular weight is 248 g/mol. The molecule has 7 nitrogen and oxygen atoms in total. The lowest BCUT2D eigenvalue weighted by Gasteiger charge is -2.22. The van der Waals surface area contributed by atoms with Crippen molar-refractivity contribution in [2.45, 2.75) is 25.8 Å². The Hall–Kier alpha value is -2.18. The lowest BCUT2D eigenvalue weighted by molar-refractivity contribution is -0.138. The molecule has 0 amide bonds. The minimum atomic E-state index is -0.826. The third-order valence-corrected chi connectivity index (χ3v) is 3.23. The quantitative estimate of drug-likeness (QED) is 0.846. The number of rotatable bonds is 2. The van der Waals surface area contributed by atoms with Crippen LogP contribution >= 0.6 is 0 Å². The Balaban J connectivity index is 2.14. The average Bonchev–Trinajstić information content (AvgIpc) is 2.96. The highest BCUT2D eigenvalue weighted by atomic mass is 16.5. The number of aromatic nitrogens is 3. The van der Waals surface area contributed by atoms with Crippen molar-refractivity contribution in [3.8, 4) is 0 Å². The Bertz CT molecular complexity index is 609. The van der Waals surface area contributed by atoms with Gasteiger partial charge in [-0.2, -0.15) is 4.98 Å². The van der Waals surface area contributed by atoms with Gasteiger partial charge in [-0.25, -0.2) is 9.78 Å². The fourth-order valence-corrected chi connectivity index (χ4v) is 2.40. The first-order valence-corrected chi connectivity index (χ1v) is 5.75. The van der Waals surface area contributed by atoms with E-state index in [2.05, 4.69) is 15.1 Å². The van der Waals surface area contributed by atoms with E-state index in [1.807, 2.05) is 0 Å². The third-order valence-electron chi connectivity index (χ3n) is 3.23. The van der Waals surface area contributed by atoms with Gasteiger partial charge in [0.1, 0.15) is 23.6 Å². The molecule has 1 unspecified atom stereocenters. The molecule has 1 atom stereocenters. The minimum Gasteiger partial charge on any atom is -0.480 e. The van der Waals surface area contributed by atoms with Crippen molar-refractivity contribution in [3.05, 3.63) is 12.0 Å². The molecule has 3 rings (SSSR count). The van der Waals surface area contributed by atoms with Crippen molar-refractivity contribution in [1.29, 1.82) is 0 Å².